The van der Waals surface area contributed by atoms with E-state index in [0.717, 1.165) is 19.1 Å². The van der Waals surface area contributed by atoms with Gasteiger partial charge in [-0.15, -0.1) is 0 Å². The van der Waals surface area contributed by atoms with Crippen molar-refractivity contribution < 1.29 is 9.47 Å². The van der Waals surface area contributed by atoms with Crippen LogP contribution in [0, 0.1) is 12.3 Å². The van der Waals surface area contributed by atoms with Crippen molar-refractivity contribution in [3.8, 4) is 5.88 Å². The molecule has 1 aliphatic heterocycles. The number of pyridine rings is 1. The lowest BCUT2D eigenvalue weighted by molar-refractivity contribution is -0.0868. The molecule has 0 radical (unpaired) electrons. The first-order valence-electron chi connectivity index (χ1n) is 6.43. The Bertz CT molecular complexity index is 391. The fourth-order valence-corrected chi connectivity index (χ4v) is 2.95. The van der Waals surface area contributed by atoms with E-state index in [9.17, 15) is 0 Å². The SMILES string of the molecule is Cc1ccnc(OC2CC3(CCOCC3)C2)c1. The Balaban J connectivity index is 1.55. The monoisotopic (exact) mass is 233 g/mol. The molecule has 17 heavy (non-hydrogen) atoms. The van der Waals surface area contributed by atoms with E-state index in [0.29, 0.717) is 11.5 Å². The van der Waals surface area contributed by atoms with E-state index in [1.807, 2.05) is 18.3 Å². The molecule has 3 nitrogen and oxygen atoms in total. The normalized spacial score (nSPS) is 23.4. The number of aromatic nitrogens is 1. The third kappa shape index (κ3) is 2.29. The van der Waals surface area contributed by atoms with Gasteiger partial charge >= 0.3 is 0 Å². The van der Waals surface area contributed by atoms with E-state index in [-0.39, 0.29) is 0 Å². The zero-order chi connectivity index (χ0) is 11.7. The van der Waals surface area contributed by atoms with Crippen LogP contribution in [-0.2, 0) is 4.74 Å². The van der Waals surface area contributed by atoms with Gasteiger partial charge < -0.3 is 9.47 Å². The number of hydrogen-bond acceptors (Lipinski definition) is 3. The van der Waals surface area contributed by atoms with E-state index >= 15 is 0 Å². The van der Waals surface area contributed by atoms with Crippen molar-refractivity contribution in [2.24, 2.45) is 5.41 Å². The Hall–Kier alpha value is -1.09. The van der Waals surface area contributed by atoms with Gasteiger partial charge in [0.15, 0.2) is 0 Å². The molecule has 3 rings (SSSR count). The second-order valence-electron chi connectivity index (χ2n) is 5.43. The summed E-state index contributed by atoms with van der Waals surface area (Å²) in [6, 6.07) is 4.00. The summed E-state index contributed by atoms with van der Waals surface area (Å²) in [4.78, 5) is 4.25. The molecule has 2 heterocycles. The average molecular weight is 233 g/mol. The summed E-state index contributed by atoms with van der Waals surface area (Å²) < 4.78 is 11.3. The highest BCUT2D eigenvalue weighted by Crippen LogP contribution is 2.49. The number of aryl methyl sites for hydroxylation is 1. The number of nitrogens with zero attached hydrogens (tertiary/aromatic N) is 1. The second-order valence-corrected chi connectivity index (χ2v) is 5.43. The third-order valence-electron chi connectivity index (χ3n) is 4.05. The van der Waals surface area contributed by atoms with Gasteiger partial charge in [0.2, 0.25) is 5.88 Å². The number of hydrogen-bond donors (Lipinski definition) is 0. The summed E-state index contributed by atoms with van der Waals surface area (Å²) in [6.07, 6.45) is 6.93. The number of ether oxygens (including phenoxy) is 2. The first kappa shape index (κ1) is 11.0. The van der Waals surface area contributed by atoms with Gasteiger partial charge in [0, 0.05) is 25.5 Å². The van der Waals surface area contributed by atoms with Gasteiger partial charge in [0.1, 0.15) is 6.10 Å². The Labute approximate surface area is 102 Å². The van der Waals surface area contributed by atoms with Crippen molar-refractivity contribution in [1.29, 1.82) is 0 Å². The summed E-state index contributed by atoms with van der Waals surface area (Å²) in [5.41, 5.74) is 1.72. The molecule has 3 heteroatoms. The molecule has 1 spiro atoms. The molecule has 0 N–H and O–H groups in total. The molecule has 1 saturated carbocycles. The highest BCUT2D eigenvalue weighted by atomic mass is 16.5. The molecule has 1 aromatic heterocycles. The van der Waals surface area contributed by atoms with Crippen LogP contribution < -0.4 is 4.74 Å². The first-order valence-corrected chi connectivity index (χ1v) is 6.43. The molecule has 0 unspecified atom stereocenters. The molecule has 0 bridgehead atoms. The molecule has 2 aliphatic rings. The van der Waals surface area contributed by atoms with Gasteiger partial charge in [0.25, 0.3) is 0 Å². The van der Waals surface area contributed by atoms with Gasteiger partial charge in [-0.1, -0.05) is 0 Å². The van der Waals surface area contributed by atoms with Crippen molar-refractivity contribution in [2.45, 2.75) is 38.7 Å². The predicted molar refractivity (Wildman–Crippen MR) is 65.1 cm³/mol. The molecule has 92 valence electrons. The molecular formula is C14H19NO2. The summed E-state index contributed by atoms with van der Waals surface area (Å²) in [5, 5.41) is 0. The van der Waals surface area contributed by atoms with E-state index in [4.69, 9.17) is 9.47 Å². The molecule has 0 atom stereocenters. The fraction of sp³-hybridized carbons (Fsp3) is 0.643. The minimum atomic E-state index is 0.363. The predicted octanol–water partition coefficient (Wildman–Crippen LogP) is 2.73. The van der Waals surface area contributed by atoms with Crippen molar-refractivity contribution in [3.05, 3.63) is 23.9 Å². The van der Waals surface area contributed by atoms with Gasteiger partial charge in [-0.2, -0.15) is 0 Å². The Morgan fingerprint density at radius 3 is 2.82 bits per heavy atom. The van der Waals surface area contributed by atoms with Gasteiger partial charge in [-0.05, 0) is 49.7 Å². The minimum absolute atomic E-state index is 0.363. The van der Waals surface area contributed by atoms with Crippen molar-refractivity contribution in [2.75, 3.05) is 13.2 Å². The van der Waals surface area contributed by atoms with Gasteiger partial charge in [-0.3, -0.25) is 0 Å². The lowest BCUT2D eigenvalue weighted by atomic mass is 9.62. The quantitative estimate of drug-likeness (QED) is 0.787. The Kier molecular flexibility index (Phi) is 2.79. The summed E-state index contributed by atoms with van der Waals surface area (Å²) in [7, 11) is 0. The van der Waals surface area contributed by atoms with Crippen LogP contribution in [0.4, 0.5) is 0 Å². The maximum absolute atomic E-state index is 5.91. The first-order chi connectivity index (χ1) is 8.26. The van der Waals surface area contributed by atoms with Crippen molar-refractivity contribution in [3.63, 3.8) is 0 Å². The smallest absolute Gasteiger partial charge is 0.213 e. The minimum Gasteiger partial charge on any atom is -0.474 e. The van der Waals surface area contributed by atoms with Crippen molar-refractivity contribution >= 4 is 0 Å². The lowest BCUT2D eigenvalue weighted by Crippen LogP contribution is -2.47. The maximum Gasteiger partial charge on any atom is 0.213 e. The molecule has 1 aromatic rings. The van der Waals surface area contributed by atoms with E-state index in [1.54, 1.807) is 0 Å². The summed E-state index contributed by atoms with van der Waals surface area (Å²) >= 11 is 0. The third-order valence-corrected chi connectivity index (χ3v) is 4.05. The van der Waals surface area contributed by atoms with Crippen LogP contribution in [0.5, 0.6) is 5.88 Å². The highest BCUT2D eigenvalue weighted by molar-refractivity contribution is 5.19. The average Bonchev–Trinajstić information content (AvgIpc) is 2.28. The molecule has 0 amide bonds. The summed E-state index contributed by atoms with van der Waals surface area (Å²) in [5.74, 6) is 0.775. The maximum atomic E-state index is 5.91. The number of rotatable bonds is 2. The zero-order valence-electron chi connectivity index (χ0n) is 10.3. The zero-order valence-corrected chi connectivity index (χ0v) is 10.3. The lowest BCUT2D eigenvalue weighted by Gasteiger charge is -2.49. The van der Waals surface area contributed by atoms with Gasteiger partial charge in [-0.25, -0.2) is 4.98 Å². The molecular weight excluding hydrogens is 214 g/mol. The topological polar surface area (TPSA) is 31.4 Å². The summed E-state index contributed by atoms with van der Waals surface area (Å²) in [6.45, 7) is 3.92. The molecule has 0 aromatic carbocycles. The second kappa shape index (κ2) is 4.30. The van der Waals surface area contributed by atoms with Crippen LogP contribution in [-0.4, -0.2) is 24.3 Å². The Morgan fingerprint density at radius 2 is 2.12 bits per heavy atom. The van der Waals surface area contributed by atoms with E-state index in [2.05, 4.69) is 11.9 Å². The van der Waals surface area contributed by atoms with Crippen LogP contribution in [0.1, 0.15) is 31.2 Å². The molecule has 1 saturated heterocycles. The standard InChI is InChI=1S/C14H19NO2/c1-11-2-5-15-13(8-11)17-12-9-14(10-12)3-6-16-7-4-14/h2,5,8,12H,3-4,6-7,9-10H2,1H3. The fourth-order valence-electron chi connectivity index (χ4n) is 2.95. The van der Waals surface area contributed by atoms with Crippen LogP contribution in [0.25, 0.3) is 0 Å². The van der Waals surface area contributed by atoms with Gasteiger partial charge in [0.05, 0.1) is 0 Å². The van der Waals surface area contributed by atoms with Crippen LogP contribution >= 0.6 is 0 Å². The Morgan fingerprint density at radius 1 is 1.35 bits per heavy atom. The van der Waals surface area contributed by atoms with Crippen molar-refractivity contribution in [1.82, 2.24) is 4.98 Å². The van der Waals surface area contributed by atoms with E-state index in [1.165, 1.54) is 31.2 Å². The van der Waals surface area contributed by atoms with Crippen LogP contribution in [0.2, 0.25) is 0 Å². The molecule has 1 aliphatic carbocycles. The largest absolute Gasteiger partial charge is 0.474 e. The highest BCUT2D eigenvalue weighted by Gasteiger charge is 2.46. The van der Waals surface area contributed by atoms with Crippen LogP contribution in [0.3, 0.4) is 0 Å². The van der Waals surface area contributed by atoms with E-state index < -0.39 is 0 Å². The van der Waals surface area contributed by atoms with Crippen LogP contribution in [0.15, 0.2) is 18.3 Å². The molecule has 2 fully saturated rings.